The van der Waals surface area contributed by atoms with Gasteiger partial charge in [-0.05, 0) is 86.1 Å². The van der Waals surface area contributed by atoms with Crippen molar-refractivity contribution in [3.63, 3.8) is 0 Å². The molecule has 8 nitrogen and oxygen atoms in total. The molecule has 3 heterocycles. The van der Waals surface area contributed by atoms with Gasteiger partial charge >= 0.3 is 0 Å². The van der Waals surface area contributed by atoms with Gasteiger partial charge in [0.05, 0.1) is 35.9 Å². The van der Waals surface area contributed by atoms with Gasteiger partial charge in [-0.3, -0.25) is 15.1 Å². The Balaban J connectivity index is 1.69. The van der Waals surface area contributed by atoms with Gasteiger partial charge < -0.3 is 19.5 Å². The molecule has 0 spiro atoms. The Kier molecular flexibility index (Phi) is 6.86. The number of pyridine rings is 1. The molecule has 1 aliphatic heterocycles. The van der Waals surface area contributed by atoms with Crippen LogP contribution in [0.3, 0.4) is 0 Å². The van der Waals surface area contributed by atoms with E-state index in [0.717, 1.165) is 34.8 Å². The lowest BCUT2D eigenvalue weighted by molar-refractivity contribution is -0.384. The number of aryl methyl sites for hydroxylation is 2. The van der Waals surface area contributed by atoms with Crippen LogP contribution in [0.2, 0.25) is 0 Å². The first-order valence-electron chi connectivity index (χ1n) is 12.4. The highest BCUT2D eigenvalue weighted by Crippen LogP contribution is 2.44. The Morgan fingerprint density at radius 3 is 2.50 bits per heavy atom. The zero-order valence-electron chi connectivity index (χ0n) is 21.7. The van der Waals surface area contributed by atoms with Crippen LogP contribution in [0.25, 0.3) is 5.69 Å². The van der Waals surface area contributed by atoms with E-state index >= 15 is 0 Å². The molecule has 0 saturated carbocycles. The van der Waals surface area contributed by atoms with E-state index in [-0.39, 0.29) is 22.7 Å². The third-order valence-electron chi connectivity index (χ3n) is 7.13. The maximum Gasteiger partial charge on any atom is 0.296 e. The number of methoxy groups -OCH3 is 1. The summed E-state index contributed by atoms with van der Waals surface area (Å²) in [6.07, 6.45) is 2.73. The lowest BCUT2D eigenvalue weighted by atomic mass is 9.96. The van der Waals surface area contributed by atoms with Gasteiger partial charge in [0.25, 0.3) is 5.69 Å². The zero-order chi connectivity index (χ0) is 27.0. The number of thiocarbonyl (C=S) groups is 1. The van der Waals surface area contributed by atoms with E-state index in [1.165, 1.54) is 18.7 Å². The van der Waals surface area contributed by atoms with Gasteiger partial charge in [-0.15, -0.1) is 0 Å². The lowest BCUT2D eigenvalue weighted by Gasteiger charge is -2.28. The minimum absolute atomic E-state index is 0.0222. The number of nitro benzene ring substituents is 1. The Labute approximate surface area is 227 Å². The number of aromatic nitrogens is 2. The van der Waals surface area contributed by atoms with Crippen molar-refractivity contribution in [3.05, 3.63) is 111 Å². The van der Waals surface area contributed by atoms with E-state index in [1.807, 2.05) is 36.6 Å². The number of ether oxygens (including phenoxy) is 1. The van der Waals surface area contributed by atoms with Crippen LogP contribution in [0.15, 0.2) is 72.9 Å². The predicted molar refractivity (Wildman–Crippen MR) is 152 cm³/mol. The molecule has 194 valence electrons. The van der Waals surface area contributed by atoms with Crippen LogP contribution in [0.5, 0.6) is 5.75 Å². The van der Waals surface area contributed by atoms with Crippen molar-refractivity contribution in [2.24, 2.45) is 0 Å². The summed E-state index contributed by atoms with van der Waals surface area (Å²) in [5.41, 5.74) is 6.33. The second-order valence-electron chi connectivity index (χ2n) is 9.29. The van der Waals surface area contributed by atoms with Crippen molar-refractivity contribution in [2.75, 3.05) is 12.0 Å². The Morgan fingerprint density at radius 2 is 1.87 bits per heavy atom. The number of nitrogens with zero attached hydrogens (tertiary/aromatic N) is 4. The fourth-order valence-electron chi connectivity index (χ4n) is 5.26. The summed E-state index contributed by atoms with van der Waals surface area (Å²) in [7, 11) is 1.50. The number of nitrogens with one attached hydrogen (secondary N) is 1. The second kappa shape index (κ2) is 10.3. The molecule has 2 atom stereocenters. The summed E-state index contributed by atoms with van der Waals surface area (Å²) in [6.45, 7) is 6.08. The van der Waals surface area contributed by atoms with Gasteiger partial charge in [-0.2, -0.15) is 0 Å². The molecule has 2 aromatic heterocycles. The first kappa shape index (κ1) is 25.4. The summed E-state index contributed by atoms with van der Waals surface area (Å²) >= 11 is 5.87. The molecule has 0 bridgehead atoms. The van der Waals surface area contributed by atoms with E-state index in [0.29, 0.717) is 16.5 Å². The number of benzene rings is 2. The van der Waals surface area contributed by atoms with Crippen LogP contribution in [-0.2, 0) is 6.42 Å². The molecule has 5 rings (SSSR count). The fraction of sp³-hybridized carbons (Fsp3) is 0.241. The van der Waals surface area contributed by atoms with Crippen molar-refractivity contribution < 1.29 is 9.66 Å². The minimum atomic E-state index is -0.374. The molecular weight excluding hydrogens is 498 g/mol. The summed E-state index contributed by atoms with van der Waals surface area (Å²) in [4.78, 5) is 18.4. The lowest BCUT2D eigenvalue weighted by Crippen LogP contribution is -2.29. The molecule has 0 aliphatic carbocycles. The van der Waals surface area contributed by atoms with Crippen LogP contribution in [-0.4, -0.2) is 26.7 Å². The van der Waals surface area contributed by atoms with E-state index in [4.69, 9.17) is 17.0 Å². The predicted octanol–water partition coefficient (Wildman–Crippen LogP) is 6.15. The summed E-state index contributed by atoms with van der Waals surface area (Å²) in [5, 5.41) is 16.1. The third-order valence-corrected chi connectivity index (χ3v) is 7.44. The molecule has 2 aromatic carbocycles. The Hall–Kier alpha value is -4.24. The highest BCUT2D eigenvalue weighted by Gasteiger charge is 2.42. The van der Waals surface area contributed by atoms with Gasteiger partial charge in [0.15, 0.2) is 5.11 Å². The average Bonchev–Trinajstić information content (AvgIpc) is 3.43. The molecule has 1 N–H and O–H groups in total. The smallest absolute Gasteiger partial charge is 0.296 e. The topological polar surface area (TPSA) is 85.5 Å². The van der Waals surface area contributed by atoms with Crippen LogP contribution in [0.1, 0.15) is 47.2 Å². The molecule has 38 heavy (non-hydrogen) atoms. The molecule has 9 heteroatoms. The molecule has 1 aliphatic rings. The first-order valence-corrected chi connectivity index (χ1v) is 12.9. The SMILES string of the molecule is CCc1ccc(N2C(=S)NC(c3ccccn3)C2c2cc(C)n(-c3ccc(OC)cc3[N+](=O)[O-])c2C)cc1. The van der Waals surface area contributed by atoms with Gasteiger partial charge in [0.1, 0.15) is 11.4 Å². The highest BCUT2D eigenvalue weighted by molar-refractivity contribution is 7.80. The zero-order valence-corrected chi connectivity index (χ0v) is 22.5. The Morgan fingerprint density at radius 1 is 1.11 bits per heavy atom. The average molecular weight is 528 g/mol. The van der Waals surface area contributed by atoms with E-state index in [1.54, 1.807) is 18.3 Å². The molecule has 2 unspecified atom stereocenters. The van der Waals surface area contributed by atoms with Crippen LogP contribution < -0.4 is 15.0 Å². The number of rotatable bonds is 7. The highest BCUT2D eigenvalue weighted by atomic mass is 32.1. The third kappa shape index (κ3) is 4.39. The maximum absolute atomic E-state index is 12.0. The van der Waals surface area contributed by atoms with Gasteiger partial charge in [0, 0.05) is 23.3 Å². The molecule has 0 radical (unpaired) electrons. The molecule has 0 amide bonds. The van der Waals surface area contributed by atoms with Gasteiger partial charge in [0.2, 0.25) is 0 Å². The summed E-state index contributed by atoms with van der Waals surface area (Å²) < 4.78 is 7.18. The number of hydrogen-bond acceptors (Lipinski definition) is 5. The van der Waals surface area contributed by atoms with E-state index in [9.17, 15) is 10.1 Å². The van der Waals surface area contributed by atoms with Crippen molar-refractivity contribution in [2.45, 2.75) is 39.3 Å². The van der Waals surface area contributed by atoms with Gasteiger partial charge in [-0.1, -0.05) is 25.1 Å². The molecule has 1 fully saturated rings. The Bertz CT molecular complexity index is 1500. The quantitative estimate of drug-likeness (QED) is 0.175. The molecular formula is C29H29N5O3S. The van der Waals surface area contributed by atoms with Crippen molar-refractivity contribution >= 4 is 28.7 Å². The van der Waals surface area contributed by atoms with Crippen molar-refractivity contribution in [1.29, 1.82) is 0 Å². The number of nitro groups is 1. The maximum atomic E-state index is 12.0. The van der Waals surface area contributed by atoms with E-state index in [2.05, 4.69) is 52.5 Å². The van der Waals surface area contributed by atoms with Crippen molar-refractivity contribution in [3.8, 4) is 11.4 Å². The molecule has 1 saturated heterocycles. The molecule has 4 aromatic rings. The van der Waals surface area contributed by atoms with Crippen LogP contribution in [0.4, 0.5) is 11.4 Å². The second-order valence-corrected chi connectivity index (χ2v) is 9.68. The number of anilines is 1. The standard InChI is InChI=1S/C29H29N5O3S/c1-5-20-9-11-21(12-10-20)33-28(27(31-29(33)38)24-8-6-7-15-30-24)23-16-18(2)32(19(23)3)25-14-13-22(37-4)17-26(25)34(35)36/h6-17,27-28H,5H2,1-4H3,(H,31,38). The first-order chi connectivity index (χ1) is 18.3. The van der Waals surface area contributed by atoms with E-state index < -0.39 is 0 Å². The van der Waals surface area contributed by atoms with Crippen molar-refractivity contribution in [1.82, 2.24) is 14.9 Å². The van der Waals surface area contributed by atoms with Crippen LogP contribution >= 0.6 is 12.2 Å². The monoisotopic (exact) mass is 527 g/mol. The number of hydrogen-bond donors (Lipinski definition) is 1. The normalized spacial score (nSPS) is 16.9. The summed E-state index contributed by atoms with van der Waals surface area (Å²) in [5.74, 6) is 0.436. The minimum Gasteiger partial charge on any atom is -0.496 e. The summed E-state index contributed by atoms with van der Waals surface area (Å²) in [6, 6.07) is 20.9. The van der Waals surface area contributed by atoms with Crippen LogP contribution in [0, 0.1) is 24.0 Å². The van der Waals surface area contributed by atoms with Gasteiger partial charge in [-0.25, -0.2) is 0 Å². The largest absolute Gasteiger partial charge is 0.496 e. The fourth-order valence-corrected chi connectivity index (χ4v) is 5.61.